The Balaban J connectivity index is 1.72. The number of hydrogen-bond acceptors (Lipinski definition) is 5. The first-order chi connectivity index (χ1) is 15.3. The van der Waals surface area contributed by atoms with Gasteiger partial charge in [-0.25, -0.2) is 4.39 Å². The molecule has 0 radical (unpaired) electrons. The second-order valence-corrected chi connectivity index (χ2v) is 8.08. The zero-order valence-corrected chi connectivity index (χ0v) is 18.6. The number of halogens is 2. The van der Waals surface area contributed by atoms with E-state index in [2.05, 4.69) is 34.6 Å². The average molecular weight is 459 g/mol. The molecule has 0 saturated carbocycles. The summed E-state index contributed by atoms with van der Waals surface area (Å²) in [7, 11) is 0. The van der Waals surface area contributed by atoms with E-state index in [9.17, 15) is 14.0 Å². The molecule has 10 heteroatoms. The third kappa shape index (κ3) is 6.58. The third-order valence-corrected chi connectivity index (χ3v) is 4.87. The molecule has 168 valence electrons. The van der Waals surface area contributed by atoms with E-state index in [1.807, 2.05) is 0 Å². The van der Waals surface area contributed by atoms with E-state index < -0.39 is 5.91 Å². The second kappa shape index (κ2) is 10.8. The van der Waals surface area contributed by atoms with E-state index in [-0.39, 0.29) is 30.6 Å². The normalized spacial score (nSPS) is 10.9. The van der Waals surface area contributed by atoms with Crippen molar-refractivity contribution in [2.75, 3.05) is 18.0 Å². The van der Waals surface area contributed by atoms with Gasteiger partial charge in [0.25, 0.3) is 5.91 Å². The lowest BCUT2D eigenvalue weighted by molar-refractivity contribution is -0.124. The van der Waals surface area contributed by atoms with Crippen LogP contribution in [0.4, 0.5) is 10.1 Å². The van der Waals surface area contributed by atoms with Crippen molar-refractivity contribution in [1.82, 2.24) is 25.5 Å². The molecular weight excluding hydrogens is 435 g/mol. The highest BCUT2D eigenvalue weighted by Crippen LogP contribution is 2.19. The molecule has 1 aromatic heterocycles. The van der Waals surface area contributed by atoms with Gasteiger partial charge in [-0.3, -0.25) is 9.59 Å². The van der Waals surface area contributed by atoms with Gasteiger partial charge < -0.3 is 10.2 Å². The van der Waals surface area contributed by atoms with Crippen molar-refractivity contribution in [3.05, 3.63) is 59.4 Å². The summed E-state index contributed by atoms with van der Waals surface area (Å²) in [5.41, 5.74) is 1.10. The fourth-order valence-corrected chi connectivity index (χ4v) is 3.00. The van der Waals surface area contributed by atoms with Gasteiger partial charge in [0.05, 0.1) is 0 Å². The summed E-state index contributed by atoms with van der Waals surface area (Å²) in [6.45, 7) is 4.29. The molecule has 0 unspecified atom stereocenters. The zero-order chi connectivity index (χ0) is 23.1. The highest BCUT2D eigenvalue weighted by Gasteiger charge is 2.21. The molecule has 8 nitrogen and oxygen atoms in total. The number of carbonyl (C=O) groups excluding carboxylic acids is 2. The molecule has 1 heterocycles. The lowest BCUT2D eigenvalue weighted by Gasteiger charge is -2.22. The first-order valence-corrected chi connectivity index (χ1v) is 10.6. The molecule has 2 aromatic carbocycles. The third-order valence-electron chi connectivity index (χ3n) is 4.62. The van der Waals surface area contributed by atoms with Crippen LogP contribution in [0.25, 0.3) is 11.4 Å². The van der Waals surface area contributed by atoms with Crippen LogP contribution in [0, 0.1) is 11.7 Å². The fourth-order valence-electron chi connectivity index (χ4n) is 2.88. The summed E-state index contributed by atoms with van der Waals surface area (Å²) < 4.78 is 13.1. The Labute approximate surface area is 190 Å². The highest BCUT2D eigenvalue weighted by atomic mass is 35.5. The molecule has 3 rings (SSSR count). The molecule has 32 heavy (non-hydrogen) atoms. The largest absolute Gasteiger partial charge is 0.355 e. The first kappa shape index (κ1) is 23.3. The highest BCUT2D eigenvalue weighted by molar-refractivity contribution is 6.30. The summed E-state index contributed by atoms with van der Waals surface area (Å²) in [4.78, 5) is 28.0. The maximum absolute atomic E-state index is 13.1. The van der Waals surface area contributed by atoms with Crippen LogP contribution in [0.2, 0.25) is 5.02 Å². The summed E-state index contributed by atoms with van der Waals surface area (Å²) in [5, 5.41) is 15.4. The van der Waals surface area contributed by atoms with Crippen LogP contribution in [0.1, 0.15) is 20.3 Å². The number of anilines is 1. The van der Waals surface area contributed by atoms with Crippen molar-refractivity contribution in [3.8, 4) is 11.4 Å². The van der Waals surface area contributed by atoms with Crippen molar-refractivity contribution in [3.63, 3.8) is 0 Å². The van der Waals surface area contributed by atoms with Crippen molar-refractivity contribution in [2.45, 2.75) is 26.8 Å². The molecule has 2 amide bonds. The SMILES string of the molecule is CC(C)CCNC(=O)CN(C(=O)Cn1nnc(-c2ccc(F)cc2)n1)c1ccc(Cl)cc1. The second-order valence-electron chi connectivity index (χ2n) is 7.64. The Morgan fingerprint density at radius 3 is 2.47 bits per heavy atom. The van der Waals surface area contributed by atoms with E-state index in [1.165, 1.54) is 29.2 Å². The number of rotatable bonds is 9. The van der Waals surface area contributed by atoms with Crippen LogP contribution in [-0.4, -0.2) is 45.1 Å². The van der Waals surface area contributed by atoms with E-state index in [4.69, 9.17) is 11.6 Å². The van der Waals surface area contributed by atoms with Crippen molar-refractivity contribution in [2.24, 2.45) is 5.92 Å². The van der Waals surface area contributed by atoms with E-state index in [0.717, 1.165) is 11.2 Å². The van der Waals surface area contributed by atoms with Gasteiger partial charge in [-0.05, 0) is 66.1 Å². The van der Waals surface area contributed by atoms with Crippen LogP contribution in [0.5, 0.6) is 0 Å². The minimum atomic E-state index is -0.394. The number of nitrogens with one attached hydrogen (secondary N) is 1. The van der Waals surface area contributed by atoms with Gasteiger partial charge in [0.1, 0.15) is 18.9 Å². The minimum absolute atomic E-state index is 0.155. The molecule has 1 N–H and O–H groups in total. The summed E-state index contributed by atoms with van der Waals surface area (Å²) in [5.74, 6) is -0.316. The Morgan fingerprint density at radius 2 is 1.81 bits per heavy atom. The molecule has 0 aliphatic carbocycles. The van der Waals surface area contributed by atoms with Gasteiger partial charge in [-0.15, -0.1) is 10.2 Å². The molecule has 0 saturated heterocycles. The number of carbonyl (C=O) groups is 2. The van der Waals surface area contributed by atoms with E-state index >= 15 is 0 Å². The molecule has 0 bridgehead atoms. The summed E-state index contributed by atoms with van der Waals surface area (Å²) in [6.07, 6.45) is 0.843. The standard InChI is InChI=1S/C22H24ClFN6O2/c1-15(2)11-12-25-20(31)13-29(19-9-5-17(23)6-10-19)21(32)14-30-27-22(26-28-30)16-3-7-18(24)8-4-16/h3-10,15H,11-14H2,1-2H3,(H,25,31). The smallest absolute Gasteiger partial charge is 0.251 e. The number of amides is 2. The van der Waals surface area contributed by atoms with Crippen molar-refractivity contribution in [1.29, 1.82) is 0 Å². The van der Waals surface area contributed by atoms with Gasteiger partial charge in [0.2, 0.25) is 11.7 Å². The molecule has 0 aliphatic heterocycles. The number of benzene rings is 2. The van der Waals surface area contributed by atoms with Gasteiger partial charge >= 0.3 is 0 Å². The van der Waals surface area contributed by atoms with Crippen LogP contribution in [0.15, 0.2) is 48.5 Å². The summed E-state index contributed by atoms with van der Waals surface area (Å²) >= 11 is 5.96. The van der Waals surface area contributed by atoms with Crippen LogP contribution in [0.3, 0.4) is 0 Å². The summed E-state index contributed by atoms with van der Waals surface area (Å²) in [6, 6.07) is 12.3. The quantitative estimate of drug-likeness (QED) is 0.531. The van der Waals surface area contributed by atoms with Crippen molar-refractivity contribution < 1.29 is 14.0 Å². The zero-order valence-electron chi connectivity index (χ0n) is 17.8. The van der Waals surface area contributed by atoms with Gasteiger partial charge in [-0.1, -0.05) is 25.4 Å². The monoisotopic (exact) mass is 458 g/mol. The van der Waals surface area contributed by atoms with Gasteiger partial charge in [-0.2, -0.15) is 4.80 Å². The van der Waals surface area contributed by atoms with Crippen molar-refractivity contribution >= 4 is 29.1 Å². The fraction of sp³-hybridized carbons (Fsp3) is 0.318. The topological polar surface area (TPSA) is 93.0 Å². The number of nitrogens with zero attached hydrogens (tertiary/aromatic N) is 5. The average Bonchev–Trinajstić information content (AvgIpc) is 3.21. The Morgan fingerprint density at radius 1 is 1.12 bits per heavy atom. The maximum atomic E-state index is 13.1. The van der Waals surface area contributed by atoms with Crippen LogP contribution < -0.4 is 10.2 Å². The lowest BCUT2D eigenvalue weighted by Crippen LogP contribution is -2.42. The van der Waals surface area contributed by atoms with E-state index in [0.29, 0.717) is 28.7 Å². The molecule has 0 atom stereocenters. The Bertz CT molecular complexity index is 1050. The molecule has 3 aromatic rings. The molecule has 0 fully saturated rings. The number of hydrogen-bond donors (Lipinski definition) is 1. The Kier molecular flexibility index (Phi) is 7.88. The maximum Gasteiger partial charge on any atom is 0.251 e. The molecular formula is C22H24ClFN6O2. The lowest BCUT2D eigenvalue weighted by atomic mass is 10.1. The van der Waals surface area contributed by atoms with Gasteiger partial charge in [0.15, 0.2) is 0 Å². The van der Waals surface area contributed by atoms with Crippen LogP contribution in [-0.2, 0) is 16.1 Å². The molecule has 0 spiro atoms. The predicted molar refractivity (Wildman–Crippen MR) is 119 cm³/mol. The van der Waals surface area contributed by atoms with E-state index in [1.54, 1.807) is 24.3 Å². The first-order valence-electron chi connectivity index (χ1n) is 10.2. The predicted octanol–water partition coefficient (Wildman–Crippen LogP) is 3.33. The Hall–Kier alpha value is -3.33. The van der Waals surface area contributed by atoms with Gasteiger partial charge in [0, 0.05) is 22.8 Å². The molecule has 0 aliphatic rings. The number of tetrazole rings is 1. The van der Waals surface area contributed by atoms with Crippen LogP contribution >= 0.6 is 11.6 Å². The number of aromatic nitrogens is 4. The minimum Gasteiger partial charge on any atom is -0.355 e.